The topological polar surface area (TPSA) is 62.4 Å². The molecule has 0 bridgehead atoms. The van der Waals surface area contributed by atoms with Gasteiger partial charge >= 0.3 is 18.3 Å². The second-order valence-electron chi connectivity index (χ2n) is 10.0. The molecule has 42 heavy (non-hydrogen) atoms. The van der Waals surface area contributed by atoms with Crippen LogP contribution in [0, 0.1) is 0 Å². The zero-order chi connectivity index (χ0) is 30.6. The molecule has 1 amide bonds. The number of nitrogens with zero attached hydrogens (tertiary/aromatic N) is 2. The van der Waals surface area contributed by atoms with E-state index in [1.807, 2.05) is 4.90 Å². The van der Waals surface area contributed by atoms with Gasteiger partial charge in [0.1, 0.15) is 0 Å². The van der Waals surface area contributed by atoms with Gasteiger partial charge in [-0.2, -0.15) is 26.3 Å². The maximum Gasteiger partial charge on any atom is 0.416 e. The van der Waals surface area contributed by atoms with Gasteiger partial charge < -0.3 is 19.3 Å². The van der Waals surface area contributed by atoms with Gasteiger partial charge in [-0.25, -0.2) is 0 Å². The fourth-order valence-corrected chi connectivity index (χ4v) is 5.35. The number of halogens is 7. The first-order chi connectivity index (χ1) is 19.6. The number of ether oxygens (including phenoxy) is 2. The third kappa shape index (κ3) is 5.91. The van der Waals surface area contributed by atoms with Crippen LogP contribution in [-0.2, 0) is 26.6 Å². The molecule has 2 unspecified atom stereocenters. The van der Waals surface area contributed by atoms with E-state index in [9.17, 15) is 35.9 Å². The lowest BCUT2D eigenvalue weighted by atomic mass is 9.89. The summed E-state index contributed by atoms with van der Waals surface area (Å²) >= 11 is 6.09. The summed E-state index contributed by atoms with van der Waals surface area (Å²) in [7, 11) is 0. The van der Waals surface area contributed by atoms with Gasteiger partial charge in [0.15, 0.2) is 6.23 Å². The number of carbonyl (C=O) groups excluding carboxylic acids is 2. The SMILES string of the molecule is CC(=O)OC1OC1N(c1ccc(Cl)cc1)[C@@H]1C[C@H](C)N(C(=O)c2cc(C(F)(F)F)cc(C(F)(F)F)c2)c2ccccc21. The fraction of sp³-hybridized carbons (Fsp3) is 0.310. The average Bonchev–Trinajstić information content (AvgIpc) is 3.65. The minimum absolute atomic E-state index is 0.0143. The summed E-state index contributed by atoms with van der Waals surface area (Å²) < 4.78 is 92.1. The van der Waals surface area contributed by atoms with E-state index in [-0.39, 0.29) is 12.5 Å². The number of esters is 1. The van der Waals surface area contributed by atoms with Crippen LogP contribution in [0.4, 0.5) is 37.7 Å². The number of para-hydroxylation sites is 1. The first kappa shape index (κ1) is 29.7. The summed E-state index contributed by atoms with van der Waals surface area (Å²) in [5, 5.41) is 0.473. The van der Waals surface area contributed by atoms with Crippen molar-refractivity contribution in [2.24, 2.45) is 0 Å². The van der Waals surface area contributed by atoms with Crippen molar-refractivity contribution in [1.29, 1.82) is 0 Å². The summed E-state index contributed by atoms with van der Waals surface area (Å²) in [6, 6.07) is 13.1. The Morgan fingerprint density at radius 2 is 1.55 bits per heavy atom. The number of hydrogen-bond donors (Lipinski definition) is 0. The van der Waals surface area contributed by atoms with Gasteiger partial charge in [0.05, 0.1) is 17.2 Å². The van der Waals surface area contributed by atoms with Crippen LogP contribution in [0.5, 0.6) is 0 Å². The summed E-state index contributed by atoms with van der Waals surface area (Å²) in [5.41, 5.74) is -2.37. The van der Waals surface area contributed by atoms with Crippen LogP contribution in [0.3, 0.4) is 0 Å². The standard InChI is InChI=1S/C29H23ClF6N2O4/c1-15-11-24(38(21-9-7-20(30)8-10-21)26-27(42-26)41-16(2)39)22-5-3-4-6-23(22)37(15)25(40)17-12-18(28(31,32)33)14-19(13-17)29(34,35)36/h3-10,12-15,24,26-27H,11H2,1-2H3/t15-,24+,26?,27?/m0/s1. The molecule has 2 aliphatic rings. The van der Waals surface area contributed by atoms with Gasteiger partial charge in [-0.1, -0.05) is 29.8 Å². The lowest BCUT2D eigenvalue weighted by Crippen LogP contribution is -2.47. The quantitative estimate of drug-likeness (QED) is 0.169. The van der Waals surface area contributed by atoms with Gasteiger partial charge in [0.25, 0.3) is 12.2 Å². The molecule has 0 spiro atoms. The average molecular weight is 613 g/mol. The highest BCUT2D eigenvalue weighted by molar-refractivity contribution is 6.30. The molecule has 0 saturated carbocycles. The second kappa shape index (κ2) is 10.8. The first-order valence-corrected chi connectivity index (χ1v) is 13.1. The van der Waals surface area contributed by atoms with Crippen molar-refractivity contribution >= 4 is 34.9 Å². The molecule has 2 aliphatic heterocycles. The maximum atomic E-state index is 13.7. The molecule has 222 valence electrons. The van der Waals surface area contributed by atoms with Crippen molar-refractivity contribution in [1.82, 2.24) is 0 Å². The third-order valence-corrected chi connectivity index (χ3v) is 7.31. The van der Waals surface area contributed by atoms with E-state index in [1.165, 1.54) is 11.8 Å². The third-order valence-electron chi connectivity index (χ3n) is 7.06. The summed E-state index contributed by atoms with van der Waals surface area (Å²) in [6.07, 6.45) is -11.6. The van der Waals surface area contributed by atoms with Crippen LogP contribution in [-0.4, -0.2) is 30.4 Å². The number of epoxide rings is 1. The number of amides is 1. The Bertz CT molecular complexity index is 1480. The van der Waals surface area contributed by atoms with Crippen molar-refractivity contribution in [2.75, 3.05) is 9.80 Å². The molecule has 13 heteroatoms. The number of fused-ring (bicyclic) bond motifs is 1. The maximum absolute atomic E-state index is 13.7. The molecule has 1 fully saturated rings. The zero-order valence-corrected chi connectivity index (χ0v) is 22.8. The Labute approximate surface area is 241 Å². The highest BCUT2D eigenvalue weighted by Crippen LogP contribution is 2.47. The summed E-state index contributed by atoms with van der Waals surface area (Å²) in [4.78, 5) is 28.3. The van der Waals surface area contributed by atoms with Crippen LogP contribution in [0.25, 0.3) is 0 Å². The Hall–Kier alpha value is -3.77. The molecule has 5 rings (SSSR count). The highest BCUT2D eigenvalue weighted by atomic mass is 35.5. The molecular weight excluding hydrogens is 590 g/mol. The van der Waals surface area contributed by atoms with Gasteiger partial charge in [0.2, 0.25) is 0 Å². The molecule has 0 radical (unpaired) electrons. The number of carbonyl (C=O) groups is 2. The predicted molar refractivity (Wildman–Crippen MR) is 141 cm³/mol. The highest BCUT2D eigenvalue weighted by Gasteiger charge is 2.51. The van der Waals surface area contributed by atoms with Crippen molar-refractivity contribution in [3.63, 3.8) is 0 Å². The Kier molecular flexibility index (Phi) is 7.65. The largest absolute Gasteiger partial charge is 0.431 e. The molecule has 3 aromatic rings. The molecule has 6 nitrogen and oxygen atoms in total. The molecule has 0 aromatic heterocycles. The minimum Gasteiger partial charge on any atom is -0.431 e. The van der Waals surface area contributed by atoms with E-state index in [2.05, 4.69) is 0 Å². The lowest BCUT2D eigenvalue weighted by Gasteiger charge is -2.44. The van der Waals surface area contributed by atoms with E-state index in [1.54, 1.807) is 55.5 Å². The zero-order valence-electron chi connectivity index (χ0n) is 22.0. The Morgan fingerprint density at radius 1 is 0.952 bits per heavy atom. The normalized spacial score (nSPS) is 21.9. The molecule has 2 heterocycles. The van der Waals surface area contributed by atoms with Crippen LogP contribution in [0.2, 0.25) is 5.02 Å². The lowest BCUT2D eigenvalue weighted by molar-refractivity contribution is -0.146. The monoisotopic (exact) mass is 612 g/mol. The molecular formula is C29H23ClF6N2O4. The molecule has 1 saturated heterocycles. The van der Waals surface area contributed by atoms with E-state index in [4.69, 9.17) is 21.1 Å². The van der Waals surface area contributed by atoms with E-state index >= 15 is 0 Å². The fourth-order valence-electron chi connectivity index (χ4n) is 5.23. The first-order valence-electron chi connectivity index (χ1n) is 12.7. The van der Waals surface area contributed by atoms with Crippen LogP contribution in [0.1, 0.15) is 53.4 Å². The number of rotatable bonds is 5. The van der Waals surface area contributed by atoms with Gasteiger partial charge in [-0.05, 0) is 67.4 Å². The van der Waals surface area contributed by atoms with Crippen molar-refractivity contribution in [3.8, 4) is 0 Å². The number of hydrogen-bond acceptors (Lipinski definition) is 5. The van der Waals surface area contributed by atoms with Crippen LogP contribution < -0.4 is 9.80 Å². The summed E-state index contributed by atoms with van der Waals surface area (Å²) in [6.45, 7) is 2.89. The molecule has 0 N–H and O–H groups in total. The van der Waals surface area contributed by atoms with Crippen molar-refractivity contribution in [2.45, 2.75) is 57.2 Å². The smallest absolute Gasteiger partial charge is 0.416 e. The van der Waals surface area contributed by atoms with E-state index in [0.29, 0.717) is 34.1 Å². The Morgan fingerprint density at radius 3 is 2.12 bits per heavy atom. The number of anilines is 2. The van der Waals surface area contributed by atoms with Crippen molar-refractivity contribution < 1.29 is 45.4 Å². The summed E-state index contributed by atoms with van der Waals surface area (Å²) in [5.74, 6) is -1.56. The van der Waals surface area contributed by atoms with Crippen molar-refractivity contribution in [3.05, 3.63) is 94.0 Å². The van der Waals surface area contributed by atoms with E-state index in [0.717, 1.165) is 0 Å². The van der Waals surface area contributed by atoms with Gasteiger partial charge in [-0.3, -0.25) is 9.59 Å². The Balaban J connectivity index is 1.57. The van der Waals surface area contributed by atoms with Crippen LogP contribution in [0.15, 0.2) is 66.7 Å². The minimum atomic E-state index is -5.10. The van der Waals surface area contributed by atoms with Crippen LogP contribution >= 0.6 is 11.6 Å². The molecule has 0 aliphatic carbocycles. The number of alkyl halides is 6. The molecule has 4 atom stereocenters. The van der Waals surface area contributed by atoms with Gasteiger partial charge in [0, 0.05) is 34.9 Å². The number of benzene rings is 3. The van der Waals surface area contributed by atoms with Gasteiger partial charge in [-0.15, -0.1) is 0 Å². The predicted octanol–water partition coefficient (Wildman–Crippen LogP) is 7.61. The van der Waals surface area contributed by atoms with E-state index < -0.39 is 65.5 Å². The molecule has 3 aromatic carbocycles. The second-order valence-corrected chi connectivity index (χ2v) is 10.5.